The van der Waals surface area contributed by atoms with Gasteiger partial charge in [-0.05, 0) is 26.2 Å². The SMILES string of the molecule is CC1=CC(=O)N(C2=NOC3CCCCC23)C1=O. The summed E-state index contributed by atoms with van der Waals surface area (Å²) in [6, 6.07) is 0. The zero-order valence-electron chi connectivity index (χ0n) is 9.68. The molecule has 0 radical (unpaired) electrons. The fourth-order valence-electron chi connectivity index (χ4n) is 2.72. The van der Waals surface area contributed by atoms with Crippen molar-refractivity contribution in [3.8, 4) is 0 Å². The van der Waals surface area contributed by atoms with Gasteiger partial charge in [0.15, 0.2) is 5.84 Å². The van der Waals surface area contributed by atoms with Crippen molar-refractivity contribution in [3.63, 3.8) is 0 Å². The molecule has 17 heavy (non-hydrogen) atoms. The Morgan fingerprint density at radius 2 is 2.12 bits per heavy atom. The zero-order valence-corrected chi connectivity index (χ0v) is 9.68. The number of oxime groups is 1. The molecule has 0 aromatic carbocycles. The van der Waals surface area contributed by atoms with Crippen LogP contribution in [0.2, 0.25) is 0 Å². The van der Waals surface area contributed by atoms with Gasteiger partial charge in [-0.2, -0.15) is 0 Å². The molecule has 1 fully saturated rings. The Morgan fingerprint density at radius 3 is 2.82 bits per heavy atom. The highest BCUT2D eigenvalue weighted by Gasteiger charge is 2.44. The molecule has 1 aliphatic carbocycles. The number of imide groups is 1. The average Bonchev–Trinajstić information content (AvgIpc) is 2.82. The smallest absolute Gasteiger partial charge is 0.262 e. The molecule has 0 spiro atoms. The van der Waals surface area contributed by atoms with Crippen LogP contribution >= 0.6 is 0 Å². The monoisotopic (exact) mass is 234 g/mol. The molecule has 2 amide bonds. The van der Waals surface area contributed by atoms with Crippen molar-refractivity contribution < 1.29 is 14.4 Å². The maximum absolute atomic E-state index is 11.9. The van der Waals surface area contributed by atoms with Crippen molar-refractivity contribution in [1.82, 2.24) is 4.90 Å². The summed E-state index contributed by atoms with van der Waals surface area (Å²) in [6.45, 7) is 1.65. The lowest BCUT2D eigenvalue weighted by Crippen LogP contribution is -2.42. The molecule has 5 nitrogen and oxygen atoms in total. The molecule has 1 saturated carbocycles. The number of nitrogens with zero attached hydrogens (tertiary/aromatic N) is 2. The quantitative estimate of drug-likeness (QED) is 0.592. The molecule has 5 heteroatoms. The summed E-state index contributed by atoms with van der Waals surface area (Å²) in [5, 5.41) is 3.97. The average molecular weight is 234 g/mol. The predicted octanol–water partition coefficient (Wildman–Crippen LogP) is 1.20. The molecule has 90 valence electrons. The van der Waals surface area contributed by atoms with Crippen molar-refractivity contribution in [2.75, 3.05) is 0 Å². The number of amidine groups is 1. The Morgan fingerprint density at radius 1 is 1.35 bits per heavy atom. The van der Waals surface area contributed by atoms with Crippen molar-refractivity contribution in [2.45, 2.75) is 38.7 Å². The van der Waals surface area contributed by atoms with E-state index in [9.17, 15) is 9.59 Å². The van der Waals surface area contributed by atoms with E-state index in [1.165, 1.54) is 11.0 Å². The van der Waals surface area contributed by atoms with E-state index in [-0.39, 0.29) is 23.8 Å². The summed E-state index contributed by atoms with van der Waals surface area (Å²) in [6.07, 6.45) is 5.55. The van der Waals surface area contributed by atoms with Crippen LogP contribution in [0.5, 0.6) is 0 Å². The summed E-state index contributed by atoms with van der Waals surface area (Å²) >= 11 is 0. The second kappa shape index (κ2) is 3.68. The Kier molecular flexibility index (Phi) is 2.28. The molecule has 3 aliphatic rings. The van der Waals surface area contributed by atoms with Crippen LogP contribution in [-0.4, -0.2) is 28.7 Å². The van der Waals surface area contributed by atoms with E-state index < -0.39 is 0 Å². The van der Waals surface area contributed by atoms with E-state index in [0.29, 0.717) is 11.4 Å². The minimum atomic E-state index is -0.291. The molecule has 2 atom stereocenters. The molecular formula is C12H14N2O3. The van der Waals surface area contributed by atoms with Crippen molar-refractivity contribution in [1.29, 1.82) is 0 Å². The highest BCUT2D eigenvalue weighted by atomic mass is 16.6. The Hall–Kier alpha value is -1.65. The first-order valence-corrected chi connectivity index (χ1v) is 5.99. The van der Waals surface area contributed by atoms with Gasteiger partial charge in [-0.15, -0.1) is 0 Å². The molecule has 0 saturated heterocycles. The first-order valence-electron chi connectivity index (χ1n) is 5.99. The van der Waals surface area contributed by atoms with Crippen LogP contribution in [0.1, 0.15) is 32.6 Å². The van der Waals surface area contributed by atoms with Crippen molar-refractivity contribution in [2.24, 2.45) is 11.1 Å². The molecule has 3 rings (SSSR count). The Bertz CT molecular complexity index is 453. The van der Waals surface area contributed by atoms with Crippen molar-refractivity contribution >= 4 is 17.6 Å². The fraction of sp³-hybridized carbons (Fsp3) is 0.583. The first-order chi connectivity index (χ1) is 8.18. The van der Waals surface area contributed by atoms with Crippen LogP contribution in [0.25, 0.3) is 0 Å². The summed E-state index contributed by atoms with van der Waals surface area (Å²) in [5.41, 5.74) is 0.469. The van der Waals surface area contributed by atoms with Crippen LogP contribution in [-0.2, 0) is 14.4 Å². The molecule has 0 N–H and O–H groups in total. The third-order valence-corrected chi connectivity index (χ3v) is 3.65. The standard InChI is InChI=1S/C12H14N2O3/c1-7-6-10(15)14(12(7)16)11-8-4-2-3-5-9(8)17-13-11/h6,8-9H,2-5H2,1H3. The molecule has 2 unspecified atom stereocenters. The van der Waals surface area contributed by atoms with Gasteiger partial charge in [0.1, 0.15) is 6.10 Å². The van der Waals surface area contributed by atoms with Gasteiger partial charge in [0.2, 0.25) is 0 Å². The largest absolute Gasteiger partial charge is 0.390 e. The molecule has 2 aliphatic heterocycles. The predicted molar refractivity (Wildman–Crippen MR) is 59.9 cm³/mol. The summed E-state index contributed by atoms with van der Waals surface area (Å²) in [4.78, 5) is 30.1. The van der Waals surface area contributed by atoms with Crippen LogP contribution in [0.4, 0.5) is 0 Å². The molecule has 0 aromatic rings. The van der Waals surface area contributed by atoms with Gasteiger partial charge in [-0.1, -0.05) is 11.6 Å². The molecule has 2 heterocycles. The summed E-state index contributed by atoms with van der Waals surface area (Å²) < 4.78 is 0. The maximum Gasteiger partial charge on any atom is 0.262 e. The van der Waals surface area contributed by atoms with Gasteiger partial charge in [0, 0.05) is 11.6 Å². The molecule has 0 aromatic heterocycles. The third-order valence-electron chi connectivity index (χ3n) is 3.65. The number of amides is 2. The third kappa shape index (κ3) is 1.49. The van der Waals surface area contributed by atoms with Crippen LogP contribution in [0.3, 0.4) is 0 Å². The summed E-state index contributed by atoms with van der Waals surface area (Å²) in [7, 11) is 0. The number of hydrogen-bond donors (Lipinski definition) is 0. The van der Waals surface area contributed by atoms with Gasteiger partial charge in [-0.25, -0.2) is 4.90 Å². The van der Waals surface area contributed by atoms with Gasteiger partial charge in [0.25, 0.3) is 11.8 Å². The molecular weight excluding hydrogens is 220 g/mol. The first kappa shape index (κ1) is 10.5. The van der Waals surface area contributed by atoms with E-state index in [4.69, 9.17) is 4.84 Å². The van der Waals surface area contributed by atoms with Crippen LogP contribution < -0.4 is 0 Å². The zero-order chi connectivity index (χ0) is 12.0. The lowest BCUT2D eigenvalue weighted by molar-refractivity contribution is -0.132. The number of carbonyl (C=O) groups is 2. The lowest BCUT2D eigenvalue weighted by atomic mass is 9.86. The minimum Gasteiger partial charge on any atom is -0.390 e. The highest BCUT2D eigenvalue weighted by Crippen LogP contribution is 2.34. The number of fused-ring (bicyclic) bond motifs is 1. The van der Waals surface area contributed by atoms with Crippen LogP contribution in [0, 0.1) is 5.92 Å². The molecule has 0 bridgehead atoms. The lowest BCUT2D eigenvalue weighted by Gasteiger charge is -2.25. The fourth-order valence-corrected chi connectivity index (χ4v) is 2.72. The highest BCUT2D eigenvalue weighted by molar-refractivity contribution is 6.26. The van der Waals surface area contributed by atoms with Gasteiger partial charge < -0.3 is 4.84 Å². The second-order valence-electron chi connectivity index (χ2n) is 4.79. The van der Waals surface area contributed by atoms with E-state index in [1.807, 2.05) is 0 Å². The van der Waals surface area contributed by atoms with E-state index in [1.54, 1.807) is 6.92 Å². The van der Waals surface area contributed by atoms with Crippen LogP contribution in [0.15, 0.2) is 16.8 Å². The summed E-state index contributed by atoms with van der Waals surface area (Å²) in [5.74, 6) is 0.0680. The maximum atomic E-state index is 11.9. The van der Waals surface area contributed by atoms with Crippen molar-refractivity contribution in [3.05, 3.63) is 11.6 Å². The van der Waals surface area contributed by atoms with Gasteiger partial charge >= 0.3 is 0 Å². The van der Waals surface area contributed by atoms with E-state index in [0.717, 1.165) is 25.7 Å². The topological polar surface area (TPSA) is 59.0 Å². The number of rotatable bonds is 0. The number of carbonyl (C=O) groups excluding carboxylic acids is 2. The second-order valence-corrected chi connectivity index (χ2v) is 4.79. The van der Waals surface area contributed by atoms with Gasteiger partial charge in [-0.3, -0.25) is 9.59 Å². The number of hydrogen-bond acceptors (Lipinski definition) is 4. The minimum absolute atomic E-state index is 0.0558. The Balaban J connectivity index is 1.86. The van der Waals surface area contributed by atoms with E-state index >= 15 is 0 Å². The van der Waals surface area contributed by atoms with Gasteiger partial charge in [0.05, 0.1) is 5.92 Å². The van der Waals surface area contributed by atoms with E-state index in [2.05, 4.69) is 5.16 Å². The Labute approximate surface area is 99.1 Å². The normalized spacial score (nSPS) is 32.2.